The molecule has 3 aromatic rings. The molecule has 1 aromatic heterocycles. The predicted octanol–water partition coefficient (Wildman–Crippen LogP) is 3.23. The number of benzene rings is 2. The Balaban J connectivity index is 1.69. The lowest BCUT2D eigenvalue weighted by Crippen LogP contribution is -2.38. The number of anilines is 2. The molecule has 0 fully saturated rings. The van der Waals surface area contributed by atoms with E-state index >= 15 is 0 Å². The highest BCUT2D eigenvalue weighted by molar-refractivity contribution is 7.92. The number of hydrogen-bond acceptors (Lipinski definition) is 7. The molecule has 0 atom stereocenters. The van der Waals surface area contributed by atoms with Gasteiger partial charge < -0.3 is 9.26 Å². The number of ether oxygens (including phenoxy) is 1. The lowest BCUT2D eigenvalue weighted by Gasteiger charge is -2.28. The van der Waals surface area contributed by atoms with Gasteiger partial charge in [-0.3, -0.25) is 14.4 Å². The van der Waals surface area contributed by atoms with Gasteiger partial charge in [0.25, 0.3) is 15.9 Å². The van der Waals surface area contributed by atoms with Gasteiger partial charge in [-0.25, -0.2) is 8.42 Å². The highest BCUT2D eigenvalue weighted by atomic mass is 32.2. The molecule has 4 rings (SSSR count). The molecule has 0 aliphatic carbocycles. The highest BCUT2D eigenvalue weighted by Crippen LogP contribution is 2.36. The molecule has 1 N–H and O–H groups in total. The van der Waals surface area contributed by atoms with Crippen molar-refractivity contribution < 1.29 is 22.5 Å². The number of para-hydroxylation sites is 1. The minimum absolute atomic E-state index is 0.0206. The van der Waals surface area contributed by atoms with E-state index in [9.17, 15) is 13.2 Å². The van der Waals surface area contributed by atoms with E-state index < -0.39 is 10.0 Å². The van der Waals surface area contributed by atoms with Gasteiger partial charge in [-0.2, -0.15) is 4.98 Å². The molecule has 2 aromatic carbocycles. The SMILES string of the molecule is CCc1nc(CN2C(=O)COc3ccc(S(=O)(=O)Nc4c(C)cccc4CC)cc32)no1. The Morgan fingerprint density at radius 3 is 2.69 bits per heavy atom. The van der Waals surface area contributed by atoms with Gasteiger partial charge in [-0.1, -0.05) is 37.2 Å². The number of rotatable bonds is 7. The number of carbonyl (C=O) groups excluding carboxylic acids is 1. The first kappa shape index (κ1) is 21.8. The molecule has 1 aliphatic rings. The minimum Gasteiger partial charge on any atom is -0.482 e. The number of aromatic nitrogens is 2. The van der Waals surface area contributed by atoms with Crippen molar-refractivity contribution in [3.8, 4) is 5.75 Å². The fraction of sp³-hybridized carbons (Fsp3) is 0.318. The predicted molar refractivity (Wildman–Crippen MR) is 118 cm³/mol. The van der Waals surface area contributed by atoms with E-state index in [1.165, 1.54) is 17.0 Å². The van der Waals surface area contributed by atoms with E-state index in [2.05, 4.69) is 14.9 Å². The number of amides is 1. The van der Waals surface area contributed by atoms with E-state index in [0.717, 1.165) is 11.1 Å². The van der Waals surface area contributed by atoms with E-state index in [4.69, 9.17) is 9.26 Å². The summed E-state index contributed by atoms with van der Waals surface area (Å²) < 4.78 is 39.7. The second-order valence-corrected chi connectivity index (χ2v) is 9.11. The molecule has 0 radical (unpaired) electrons. The van der Waals surface area contributed by atoms with Gasteiger partial charge in [0.2, 0.25) is 5.89 Å². The van der Waals surface area contributed by atoms with Crippen LogP contribution >= 0.6 is 0 Å². The van der Waals surface area contributed by atoms with Gasteiger partial charge in [0, 0.05) is 6.42 Å². The number of aryl methyl sites for hydroxylation is 3. The van der Waals surface area contributed by atoms with Crippen LogP contribution in [0.25, 0.3) is 0 Å². The number of sulfonamides is 1. The second-order valence-electron chi connectivity index (χ2n) is 7.42. The van der Waals surface area contributed by atoms with Crippen LogP contribution in [0.5, 0.6) is 5.75 Å². The van der Waals surface area contributed by atoms with Crippen LogP contribution in [-0.4, -0.2) is 31.1 Å². The highest BCUT2D eigenvalue weighted by Gasteiger charge is 2.29. The van der Waals surface area contributed by atoms with Crippen LogP contribution in [-0.2, 0) is 34.2 Å². The Morgan fingerprint density at radius 1 is 1.16 bits per heavy atom. The van der Waals surface area contributed by atoms with Crippen molar-refractivity contribution in [1.29, 1.82) is 0 Å². The first-order valence-corrected chi connectivity index (χ1v) is 11.8. The summed E-state index contributed by atoms with van der Waals surface area (Å²) >= 11 is 0. The Hall–Kier alpha value is -3.40. The molecule has 168 valence electrons. The summed E-state index contributed by atoms with van der Waals surface area (Å²) in [5.41, 5.74) is 2.63. The van der Waals surface area contributed by atoms with Crippen LogP contribution in [0.1, 0.15) is 36.7 Å². The fourth-order valence-corrected chi connectivity index (χ4v) is 4.72. The monoisotopic (exact) mass is 456 g/mol. The summed E-state index contributed by atoms with van der Waals surface area (Å²) in [5.74, 6) is 0.885. The van der Waals surface area contributed by atoms with Crippen LogP contribution in [0.3, 0.4) is 0 Å². The Bertz CT molecular complexity index is 1270. The Labute approximate surface area is 186 Å². The van der Waals surface area contributed by atoms with Crippen molar-refractivity contribution in [2.45, 2.75) is 45.1 Å². The second kappa shape index (κ2) is 8.62. The summed E-state index contributed by atoms with van der Waals surface area (Å²) in [6.45, 7) is 5.60. The van der Waals surface area contributed by atoms with E-state index in [1.54, 1.807) is 6.07 Å². The lowest BCUT2D eigenvalue weighted by atomic mass is 10.1. The third kappa shape index (κ3) is 4.18. The molecule has 0 unspecified atom stereocenters. The smallest absolute Gasteiger partial charge is 0.265 e. The number of carbonyl (C=O) groups is 1. The number of hydrogen-bond donors (Lipinski definition) is 1. The standard InChI is InChI=1S/C22H24N4O5S/c1-4-15-8-6-7-14(3)22(15)25-32(28,29)16-9-10-18-17(11-16)26(21(27)13-30-18)12-19-23-20(5-2)31-24-19/h6-11,25H,4-5,12-13H2,1-3H3. The van der Waals surface area contributed by atoms with Crippen LogP contribution < -0.4 is 14.4 Å². The molecule has 2 heterocycles. The molecular weight excluding hydrogens is 432 g/mol. The quantitative estimate of drug-likeness (QED) is 0.580. The lowest BCUT2D eigenvalue weighted by molar-refractivity contribution is -0.121. The summed E-state index contributed by atoms with van der Waals surface area (Å²) in [7, 11) is -3.91. The van der Waals surface area contributed by atoms with E-state index in [1.807, 2.05) is 39.0 Å². The van der Waals surface area contributed by atoms with Crippen LogP contribution in [0.4, 0.5) is 11.4 Å². The zero-order chi connectivity index (χ0) is 22.9. The summed E-state index contributed by atoms with van der Waals surface area (Å²) in [4.78, 5) is 18.2. The molecule has 0 saturated carbocycles. The summed E-state index contributed by atoms with van der Waals surface area (Å²) in [5, 5.41) is 3.89. The van der Waals surface area contributed by atoms with Gasteiger partial charge in [0.05, 0.1) is 22.8 Å². The molecule has 0 bridgehead atoms. The third-order valence-electron chi connectivity index (χ3n) is 5.27. The van der Waals surface area contributed by atoms with Crippen LogP contribution in [0.2, 0.25) is 0 Å². The molecule has 1 amide bonds. The average Bonchev–Trinajstić information content (AvgIpc) is 3.24. The van der Waals surface area contributed by atoms with Crippen LogP contribution in [0.15, 0.2) is 45.8 Å². The number of nitrogens with one attached hydrogen (secondary N) is 1. The van der Waals surface area contributed by atoms with Gasteiger partial charge >= 0.3 is 0 Å². The van der Waals surface area contributed by atoms with Crippen LogP contribution in [0, 0.1) is 6.92 Å². The van der Waals surface area contributed by atoms with Crippen molar-refractivity contribution in [2.24, 2.45) is 0 Å². The minimum atomic E-state index is -3.91. The van der Waals surface area contributed by atoms with Gasteiger partial charge in [-0.15, -0.1) is 0 Å². The van der Waals surface area contributed by atoms with Crippen molar-refractivity contribution in [3.05, 3.63) is 59.2 Å². The van der Waals surface area contributed by atoms with Gasteiger partial charge in [0.1, 0.15) is 5.75 Å². The Morgan fingerprint density at radius 2 is 1.97 bits per heavy atom. The van der Waals surface area contributed by atoms with E-state index in [-0.39, 0.29) is 24.0 Å². The molecule has 0 spiro atoms. The average molecular weight is 457 g/mol. The largest absolute Gasteiger partial charge is 0.482 e. The molecule has 0 saturated heterocycles. The zero-order valence-corrected chi connectivity index (χ0v) is 18.9. The first-order chi connectivity index (χ1) is 15.3. The maximum atomic E-state index is 13.2. The molecule has 32 heavy (non-hydrogen) atoms. The van der Waals surface area contributed by atoms with Crippen molar-refractivity contribution >= 4 is 27.3 Å². The molecule has 1 aliphatic heterocycles. The van der Waals surface area contributed by atoms with Gasteiger partial charge in [0.15, 0.2) is 12.4 Å². The first-order valence-electron chi connectivity index (χ1n) is 10.3. The van der Waals surface area contributed by atoms with Crippen molar-refractivity contribution in [2.75, 3.05) is 16.2 Å². The molecule has 10 heteroatoms. The third-order valence-corrected chi connectivity index (χ3v) is 6.62. The Kier molecular flexibility index (Phi) is 5.88. The maximum Gasteiger partial charge on any atom is 0.265 e. The fourth-order valence-electron chi connectivity index (χ4n) is 3.52. The maximum absolute atomic E-state index is 13.2. The molecule has 9 nitrogen and oxygen atoms in total. The van der Waals surface area contributed by atoms with Gasteiger partial charge in [-0.05, 0) is 42.7 Å². The van der Waals surface area contributed by atoms with Crippen molar-refractivity contribution in [1.82, 2.24) is 10.1 Å². The van der Waals surface area contributed by atoms with Crippen molar-refractivity contribution in [3.63, 3.8) is 0 Å². The zero-order valence-electron chi connectivity index (χ0n) is 18.1. The number of fused-ring (bicyclic) bond motifs is 1. The topological polar surface area (TPSA) is 115 Å². The van der Waals surface area contributed by atoms with E-state index in [0.29, 0.717) is 41.7 Å². The number of nitrogens with zero attached hydrogens (tertiary/aromatic N) is 3. The summed E-state index contributed by atoms with van der Waals surface area (Å²) in [6.07, 6.45) is 1.26. The normalized spacial score (nSPS) is 13.6. The summed E-state index contributed by atoms with van der Waals surface area (Å²) in [6, 6.07) is 10.1. The molecular formula is C22H24N4O5S.